The minimum atomic E-state index is -0.838. The van der Waals surface area contributed by atoms with Gasteiger partial charge in [0.2, 0.25) is 0 Å². The first kappa shape index (κ1) is 19.2. The molecule has 1 atom stereocenters. The second-order valence-electron chi connectivity index (χ2n) is 6.96. The second kappa shape index (κ2) is 8.09. The number of nitriles is 1. The first-order valence-electron chi connectivity index (χ1n) is 9.38. The van der Waals surface area contributed by atoms with Gasteiger partial charge in [-0.3, -0.25) is 4.79 Å². The van der Waals surface area contributed by atoms with Crippen LogP contribution in [0.15, 0.2) is 60.9 Å². The lowest BCUT2D eigenvalue weighted by atomic mass is 10.1. The SMILES string of the molecule is CN1C(=O)[C@@H](NC(=O)n2cc(Cc3cccc(C#N)c3)cn2)COc2ccccc21. The molecule has 2 aromatic carbocycles. The third-order valence-electron chi connectivity index (χ3n) is 4.87. The van der Waals surface area contributed by atoms with E-state index in [1.165, 1.54) is 4.90 Å². The normalized spacial score (nSPS) is 15.5. The highest BCUT2D eigenvalue weighted by atomic mass is 16.5. The fourth-order valence-corrected chi connectivity index (χ4v) is 3.32. The fraction of sp³-hybridized carbons (Fsp3) is 0.182. The number of nitrogens with zero attached hydrogens (tertiary/aromatic N) is 4. The highest BCUT2D eigenvalue weighted by Crippen LogP contribution is 2.29. The molecule has 0 saturated heterocycles. The zero-order valence-corrected chi connectivity index (χ0v) is 16.3. The molecule has 3 aromatic rings. The maximum Gasteiger partial charge on any atom is 0.342 e. The summed E-state index contributed by atoms with van der Waals surface area (Å²) < 4.78 is 6.87. The molecular weight excluding hydrogens is 382 g/mol. The Labute approximate surface area is 173 Å². The Morgan fingerprint density at radius 3 is 2.93 bits per heavy atom. The van der Waals surface area contributed by atoms with Crippen molar-refractivity contribution in [1.29, 1.82) is 5.26 Å². The summed E-state index contributed by atoms with van der Waals surface area (Å²) >= 11 is 0. The van der Waals surface area contributed by atoms with Crippen molar-refractivity contribution >= 4 is 17.6 Å². The van der Waals surface area contributed by atoms with Crippen LogP contribution in [0.2, 0.25) is 0 Å². The number of carbonyl (C=O) groups is 2. The van der Waals surface area contributed by atoms with Gasteiger partial charge in [-0.2, -0.15) is 15.0 Å². The number of para-hydroxylation sites is 2. The first-order chi connectivity index (χ1) is 14.5. The molecule has 0 aliphatic carbocycles. The van der Waals surface area contributed by atoms with E-state index >= 15 is 0 Å². The lowest BCUT2D eigenvalue weighted by Gasteiger charge is -2.20. The van der Waals surface area contributed by atoms with Gasteiger partial charge in [-0.1, -0.05) is 24.3 Å². The number of anilines is 1. The number of hydrogen-bond donors (Lipinski definition) is 1. The zero-order chi connectivity index (χ0) is 21.1. The summed E-state index contributed by atoms with van der Waals surface area (Å²) in [6, 6.07) is 15.2. The van der Waals surface area contributed by atoms with Crippen LogP contribution in [0.4, 0.5) is 10.5 Å². The number of benzene rings is 2. The number of amides is 2. The Morgan fingerprint density at radius 1 is 1.27 bits per heavy atom. The van der Waals surface area contributed by atoms with E-state index in [1.54, 1.807) is 43.7 Å². The van der Waals surface area contributed by atoms with Crippen LogP contribution in [0.5, 0.6) is 5.75 Å². The van der Waals surface area contributed by atoms with Crippen molar-refractivity contribution in [2.75, 3.05) is 18.6 Å². The molecule has 0 fully saturated rings. The zero-order valence-electron chi connectivity index (χ0n) is 16.3. The maximum atomic E-state index is 12.8. The van der Waals surface area contributed by atoms with Crippen molar-refractivity contribution in [2.45, 2.75) is 12.5 Å². The Bertz CT molecular complexity index is 1150. The molecule has 0 radical (unpaired) electrons. The summed E-state index contributed by atoms with van der Waals surface area (Å²) in [5.74, 6) is 0.320. The third kappa shape index (κ3) is 3.86. The van der Waals surface area contributed by atoms with E-state index in [0.717, 1.165) is 15.8 Å². The molecule has 1 aliphatic heterocycles. The Morgan fingerprint density at radius 2 is 2.10 bits per heavy atom. The molecule has 2 amide bonds. The number of aromatic nitrogens is 2. The summed E-state index contributed by atoms with van der Waals surface area (Å²) in [4.78, 5) is 26.9. The number of hydrogen-bond acceptors (Lipinski definition) is 5. The fourth-order valence-electron chi connectivity index (χ4n) is 3.32. The summed E-state index contributed by atoms with van der Waals surface area (Å²) in [6.07, 6.45) is 3.73. The molecule has 150 valence electrons. The molecule has 2 heterocycles. The number of nitrogens with one attached hydrogen (secondary N) is 1. The van der Waals surface area contributed by atoms with E-state index < -0.39 is 12.1 Å². The number of rotatable bonds is 3. The molecule has 1 aromatic heterocycles. The van der Waals surface area contributed by atoms with E-state index in [0.29, 0.717) is 23.4 Å². The predicted octanol–water partition coefficient (Wildman–Crippen LogP) is 2.33. The Hall–Kier alpha value is -4.12. The van der Waals surface area contributed by atoms with Crippen molar-refractivity contribution in [1.82, 2.24) is 15.1 Å². The molecule has 1 N–H and O–H groups in total. The van der Waals surface area contributed by atoms with Crippen LogP contribution in [0, 0.1) is 11.3 Å². The van der Waals surface area contributed by atoms with E-state index in [2.05, 4.69) is 16.5 Å². The Balaban J connectivity index is 1.44. The largest absolute Gasteiger partial charge is 0.489 e. The average molecular weight is 401 g/mol. The quantitative estimate of drug-likeness (QED) is 0.726. The molecule has 1 aliphatic rings. The van der Waals surface area contributed by atoms with Crippen molar-refractivity contribution < 1.29 is 14.3 Å². The number of carbonyl (C=O) groups excluding carboxylic acids is 2. The van der Waals surface area contributed by atoms with Crippen molar-refractivity contribution in [2.24, 2.45) is 0 Å². The molecular formula is C22H19N5O3. The molecule has 8 heteroatoms. The lowest BCUT2D eigenvalue weighted by Crippen LogP contribution is -2.50. The van der Waals surface area contributed by atoms with E-state index in [-0.39, 0.29) is 12.5 Å². The van der Waals surface area contributed by atoms with Crippen LogP contribution in [-0.2, 0) is 11.2 Å². The van der Waals surface area contributed by atoms with Gasteiger partial charge in [0.1, 0.15) is 18.4 Å². The monoisotopic (exact) mass is 401 g/mol. The third-order valence-corrected chi connectivity index (χ3v) is 4.87. The standard InChI is InChI=1S/C22H19N5O3/c1-26-19-7-2-3-8-20(19)30-14-18(21(26)28)25-22(29)27-13-17(12-24-27)10-15-5-4-6-16(9-15)11-23/h2-9,12-13,18H,10,14H2,1H3,(H,25,29)/t18-/m0/s1. The van der Waals surface area contributed by atoms with Gasteiger partial charge in [0.15, 0.2) is 0 Å². The number of ether oxygens (including phenoxy) is 1. The molecule has 30 heavy (non-hydrogen) atoms. The molecule has 0 saturated carbocycles. The van der Waals surface area contributed by atoms with Crippen LogP contribution in [0.1, 0.15) is 16.7 Å². The highest BCUT2D eigenvalue weighted by Gasteiger charge is 2.30. The van der Waals surface area contributed by atoms with Gasteiger partial charge in [0, 0.05) is 19.7 Å². The molecule has 0 spiro atoms. The van der Waals surface area contributed by atoms with Gasteiger partial charge in [-0.25, -0.2) is 4.79 Å². The van der Waals surface area contributed by atoms with E-state index in [9.17, 15) is 9.59 Å². The molecule has 4 rings (SSSR count). The molecule has 0 unspecified atom stereocenters. The van der Waals surface area contributed by atoms with Crippen LogP contribution in [0.25, 0.3) is 0 Å². The van der Waals surface area contributed by atoms with Gasteiger partial charge in [0.25, 0.3) is 5.91 Å². The van der Waals surface area contributed by atoms with Crippen molar-refractivity contribution in [3.05, 3.63) is 77.6 Å². The van der Waals surface area contributed by atoms with Crippen LogP contribution >= 0.6 is 0 Å². The van der Waals surface area contributed by atoms with Gasteiger partial charge in [-0.05, 0) is 35.4 Å². The summed E-state index contributed by atoms with van der Waals surface area (Å²) in [6.45, 7) is 0.0288. The van der Waals surface area contributed by atoms with E-state index in [4.69, 9.17) is 10.00 Å². The van der Waals surface area contributed by atoms with Crippen LogP contribution in [-0.4, -0.2) is 41.4 Å². The van der Waals surface area contributed by atoms with Crippen LogP contribution in [0.3, 0.4) is 0 Å². The first-order valence-corrected chi connectivity index (χ1v) is 9.38. The summed E-state index contributed by atoms with van der Waals surface area (Å²) in [5.41, 5.74) is 2.99. The maximum absolute atomic E-state index is 12.8. The Kier molecular flexibility index (Phi) is 5.18. The average Bonchev–Trinajstić information content (AvgIpc) is 3.20. The molecule has 0 bridgehead atoms. The number of likely N-dealkylation sites (N-methyl/N-ethyl adjacent to an activating group) is 1. The summed E-state index contributed by atoms with van der Waals surface area (Å²) in [5, 5.41) is 15.8. The van der Waals surface area contributed by atoms with Crippen molar-refractivity contribution in [3.63, 3.8) is 0 Å². The molecule has 8 nitrogen and oxygen atoms in total. The second-order valence-corrected chi connectivity index (χ2v) is 6.96. The van der Waals surface area contributed by atoms with Crippen molar-refractivity contribution in [3.8, 4) is 11.8 Å². The predicted molar refractivity (Wildman–Crippen MR) is 109 cm³/mol. The lowest BCUT2D eigenvalue weighted by molar-refractivity contribution is -0.120. The minimum Gasteiger partial charge on any atom is -0.489 e. The van der Waals surface area contributed by atoms with Gasteiger partial charge in [0.05, 0.1) is 23.5 Å². The summed E-state index contributed by atoms with van der Waals surface area (Å²) in [7, 11) is 1.65. The topological polar surface area (TPSA) is 100 Å². The van der Waals surface area contributed by atoms with Gasteiger partial charge >= 0.3 is 6.03 Å². The van der Waals surface area contributed by atoms with Crippen LogP contribution < -0.4 is 15.0 Å². The van der Waals surface area contributed by atoms with Gasteiger partial charge < -0.3 is 15.0 Å². The minimum absolute atomic E-state index is 0.0288. The number of fused-ring (bicyclic) bond motifs is 1. The highest BCUT2D eigenvalue weighted by molar-refractivity contribution is 6.00. The smallest absolute Gasteiger partial charge is 0.342 e. The van der Waals surface area contributed by atoms with E-state index in [1.807, 2.05) is 24.3 Å². The van der Waals surface area contributed by atoms with Gasteiger partial charge in [-0.15, -0.1) is 0 Å².